The summed E-state index contributed by atoms with van der Waals surface area (Å²) in [6, 6.07) is 21.1. The molecule has 8 heteroatoms. The molecule has 0 radical (unpaired) electrons. The minimum absolute atomic E-state index is 0.00303. The maximum Gasteiger partial charge on any atom is 0.290 e. The van der Waals surface area contributed by atoms with Crippen LogP contribution in [0, 0.1) is 0 Å². The molecule has 1 aromatic heterocycles. The van der Waals surface area contributed by atoms with Crippen LogP contribution < -0.4 is 21.1 Å². The Morgan fingerprint density at radius 2 is 1.39 bits per heavy atom. The van der Waals surface area contributed by atoms with Gasteiger partial charge in [-0.15, -0.1) is 0 Å². The predicted octanol–water partition coefficient (Wildman–Crippen LogP) is 2.62. The molecule has 5 rings (SSSR count). The van der Waals surface area contributed by atoms with Gasteiger partial charge >= 0.3 is 0 Å². The molecule has 0 fully saturated rings. The Morgan fingerprint density at radius 1 is 0.806 bits per heavy atom. The number of carbonyl (C=O) groups is 2. The first-order chi connectivity index (χ1) is 15.1. The molecule has 4 aromatic rings. The van der Waals surface area contributed by atoms with E-state index in [0.717, 1.165) is 0 Å². The van der Waals surface area contributed by atoms with E-state index in [1.165, 1.54) is 0 Å². The Bertz CT molecular complexity index is 1350. The van der Waals surface area contributed by atoms with Crippen molar-refractivity contribution >= 4 is 22.6 Å². The number of rotatable bonds is 2. The number of benzene rings is 3. The molecule has 2 heterocycles. The minimum Gasteiger partial charge on any atom is -0.457 e. The highest BCUT2D eigenvalue weighted by Crippen LogP contribution is 2.43. The Balaban J connectivity index is 1.43. The zero-order valence-electron chi connectivity index (χ0n) is 16.1. The molecule has 0 bridgehead atoms. The molecule has 8 nitrogen and oxygen atoms in total. The van der Waals surface area contributed by atoms with Crippen molar-refractivity contribution in [1.29, 1.82) is 0 Å². The third kappa shape index (κ3) is 3.20. The van der Waals surface area contributed by atoms with Crippen LogP contribution in [0.3, 0.4) is 0 Å². The van der Waals surface area contributed by atoms with Gasteiger partial charge < -0.3 is 4.74 Å². The molecule has 0 spiro atoms. The maximum atomic E-state index is 13.1. The van der Waals surface area contributed by atoms with Gasteiger partial charge in [0.05, 0.1) is 11.3 Å². The van der Waals surface area contributed by atoms with Crippen LogP contribution in [0.5, 0.6) is 11.5 Å². The lowest BCUT2D eigenvalue weighted by atomic mass is 9.87. The van der Waals surface area contributed by atoms with Crippen LogP contribution in [0.25, 0.3) is 10.8 Å². The topological polar surface area (TPSA) is 113 Å². The summed E-state index contributed by atoms with van der Waals surface area (Å²) in [5.41, 5.74) is 5.89. The van der Waals surface area contributed by atoms with E-state index in [9.17, 15) is 14.4 Å². The van der Waals surface area contributed by atoms with Gasteiger partial charge in [-0.2, -0.15) is 5.10 Å². The average Bonchev–Trinajstić information content (AvgIpc) is 2.81. The average molecular weight is 412 g/mol. The maximum absolute atomic E-state index is 13.1. The van der Waals surface area contributed by atoms with Crippen LogP contribution in [0.2, 0.25) is 0 Å². The van der Waals surface area contributed by atoms with Crippen LogP contribution in [-0.4, -0.2) is 22.0 Å². The van der Waals surface area contributed by atoms with Crippen LogP contribution >= 0.6 is 0 Å². The molecule has 152 valence electrons. The lowest BCUT2D eigenvalue weighted by molar-refractivity contribution is -0.122. The van der Waals surface area contributed by atoms with Crippen LogP contribution in [0.4, 0.5) is 0 Å². The number of hydrogen-bond acceptors (Lipinski definition) is 5. The van der Waals surface area contributed by atoms with E-state index in [4.69, 9.17) is 4.74 Å². The molecular weight excluding hydrogens is 396 g/mol. The van der Waals surface area contributed by atoms with E-state index >= 15 is 0 Å². The summed E-state index contributed by atoms with van der Waals surface area (Å²) in [7, 11) is 0. The summed E-state index contributed by atoms with van der Waals surface area (Å²) < 4.78 is 5.90. The molecule has 0 saturated heterocycles. The smallest absolute Gasteiger partial charge is 0.290 e. The number of hydrogen-bond donors (Lipinski definition) is 3. The zero-order valence-corrected chi connectivity index (χ0v) is 16.1. The van der Waals surface area contributed by atoms with E-state index in [1.54, 1.807) is 36.4 Å². The van der Waals surface area contributed by atoms with Crippen molar-refractivity contribution in [3.63, 3.8) is 0 Å². The van der Waals surface area contributed by atoms with Gasteiger partial charge in [0.1, 0.15) is 11.5 Å². The molecule has 0 saturated carbocycles. The van der Waals surface area contributed by atoms with Gasteiger partial charge in [0.2, 0.25) is 0 Å². The number of H-pyrrole nitrogens is 1. The molecular formula is C23H16N4O4. The van der Waals surface area contributed by atoms with Gasteiger partial charge in [0.15, 0.2) is 5.69 Å². The van der Waals surface area contributed by atoms with E-state index in [0.29, 0.717) is 33.4 Å². The number of ether oxygens (including phenoxy) is 1. The lowest BCUT2D eigenvalue weighted by Crippen LogP contribution is -2.45. The minimum atomic E-state index is -0.665. The Hall–Kier alpha value is -4.46. The quantitative estimate of drug-likeness (QED) is 0.438. The fourth-order valence-corrected chi connectivity index (χ4v) is 3.73. The fraction of sp³-hybridized carbons (Fsp3) is 0.0435. The first kappa shape index (κ1) is 18.6. The van der Waals surface area contributed by atoms with E-state index in [1.807, 2.05) is 36.4 Å². The Kier molecular flexibility index (Phi) is 4.44. The summed E-state index contributed by atoms with van der Waals surface area (Å²) in [5.74, 6) is -0.566. The number of fused-ring (bicyclic) bond motifs is 3. The zero-order chi connectivity index (χ0) is 21.4. The predicted molar refractivity (Wildman–Crippen MR) is 113 cm³/mol. The molecule has 1 aliphatic rings. The molecule has 0 aliphatic carbocycles. The highest BCUT2D eigenvalue weighted by Gasteiger charge is 2.32. The van der Waals surface area contributed by atoms with Crippen molar-refractivity contribution in [3.8, 4) is 11.5 Å². The SMILES string of the molecule is O=C(NNC(=O)C1c2ccccc2Oc2ccccc21)c1n[nH]c(=O)c2ccccc12. The molecule has 31 heavy (non-hydrogen) atoms. The second-order valence-corrected chi connectivity index (χ2v) is 7.00. The third-order valence-electron chi connectivity index (χ3n) is 5.15. The van der Waals surface area contributed by atoms with Crippen LogP contribution in [0.15, 0.2) is 77.6 Å². The second kappa shape index (κ2) is 7.42. The van der Waals surface area contributed by atoms with Crippen molar-refractivity contribution in [1.82, 2.24) is 21.0 Å². The van der Waals surface area contributed by atoms with Crippen molar-refractivity contribution in [3.05, 3.63) is 100.0 Å². The van der Waals surface area contributed by atoms with Gasteiger partial charge in [0, 0.05) is 16.5 Å². The fourth-order valence-electron chi connectivity index (χ4n) is 3.73. The Labute approximate surface area is 175 Å². The van der Waals surface area contributed by atoms with E-state index in [-0.39, 0.29) is 5.69 Å². The first-order valence-corrected chi connectivity index (χ1v) is 9.57. The largest absolute Gasteiger partial charge is 0.457 e. The highest BCUT2D eigenvalue weighted by molar-refractivity contribution is 6.05. The summed E-state index contributed by atoms with van der Waals surface area (Å²) >= 11 is 0. The second-order valence-electron chi connectivity index (χ2n) is 7.00. The number of aromatic amines is 1. The van der Waals surface area contributed by atoms with Gasteiger partial charge in [-0.1, -0.05) is 54.6 Å². The first-order valence-electron chi connectivity index (χ1n) is 9.57. The van der Waals surface area contributed by atoms with E-state index in [2.05, 4.69) is 21.0 Å². The third-order valence-corrected chi connectivity index (χ3v) is 5.15. The Morgan fingerprint density at radius 3 is 2.06 bits per heavy atom. The van der Waals surface area contributed by atoms with Crippen molar-refractivity contribution in [2.75, 3.05) is 0 Å². The number of carbonyl (C=O) groups excluding carboxylic acids is 2. The monoisotopic (exact) mass is 412 g/mol. The summed E-state index contributed by atoms with van der Waals surface area (Å²) in [4.78, 5) is 37.8. The van der Waals surface area contributed by atoms with Gasteiger partial charge in [0.25, 0.3) is 17.4 Å². The van der Waals surface area contributed by atoms with Crippen molar-refractivity contribution in [2.45, 2.75) is 5.92 Å². The molecule has 0 unspecified atom stereocenters. The number of amides is 2. The normalized spacial score (nSPS) is 12.4. The van der Waals surface area contributed by atoms with Gasteiger partial charge in [-0.3, -0.25) is 25.2 Å². The van der Waals surface area contributed by atoms with Gasteiger partial charge in [-0.05, 0) is 18.2 Å². The highest BCUT2D eigenvalue weighted by atomic mass is 16.5. The summed E-state index contributed by atoms with van der Waals surface area (Å²) in [5, 5.41) is 6.88. The van der Waals surface area contributed by atoms with Gasteiger partial charge in [-0.25, -0.2) is 5.10 Å². The molecule has 3 aromatic carbocycles. The number of nitrogens with zero attached hydrogens (tertiary/aromatic N) is 1. The lowest BCUT2D eigenvalue weighted by Gasteiger charge is -2.27. The van der Waals surface area contributed by atoms with Crippen molar-refractivity contribution in [2.24, 2.45) is 0 Å². The molecule has 3 N–H and O–H groups in total. The summed E-state index contributed by atoms with van der Waals surface area (Å²) in [6.45, 7) is 0. The number of para-hydroxylation sites is 2. The molecule has 1 aliphatic heterocycles. The summed E-state index contributed by atoms with van der Waals surface area (Å²) in [6.07, 6.45) is 0. The number of hydrazine groups is 1. The number of aromatic nitrogens is 2. The van der Waals surface area contributed by atoms with E-state index < -0.39 is 23.3 Å². The van der Waals surface area contributed by atoms with Crippen molar-refractivity contribution < 1.29 is 14.3 Å². The van der Waals surface area contributed by atoms with Crippen LogP contribution in [-0.2, 0) is 4.79 Å². The standard InChI is InChI=1S/C23H16N4O4/c28-21-14-8-2-1-7-13(14)20(24-25-21)23(30)27-26-22(29)19-15-9-3-5-11-17(15)31-18-12-6-4-10-16(18)19/h1-12,19H,(H,25,28)(H,26,29)(H,27,30). The van der Waals surface area contributed by atoms with Crippen LogP contribution in [0.1, 0.15) is 27.5 Å². The molecule has 0 atom stereocenters. The number of nitrogens with one attached hydrogen (secondary N) is 3. The molecule has 2 amide bonds.